The van der Waals surface area contributed by atoms with Crippen LogP contribution in [0, 0.1) is 0 Å². The van der Waals surface area contributed by atoms with E-state index in [-0.39, 0.29) is 10.8 Å². The molecule has 7 aromatic carbocycles. The fourth-order valence-electron chi connectivity index (χ4n) is 8.80. The van der Waals surface area contributed by atoms with Gasteiger partial charge in [0.15, 0.2) is 0 Å². The first-order valence-corrected chi connectivity index (χ1v) is 21.2. The molecule has 2 aromatic heterocycles. The largest absolute Gasteiger partial charge is 0.457 e. The maximum absolute atomic E-state index is 6.97. The molecule has 0 radical (unpaired) electrons. The van der Waals surface area contributed by atoms with Crippen LogP contribution in [-0.2, 0) is 10.8 Å². The molecule has 0 amide bonds. The number of nitrogens with zero attached hydrogens (tertiary/aromatic N) is 4. The van der Waals surface area contributed by atoms with Crippen LogP contribution in [0.15, 0.2) is 182 Å². The topological polar surface area (TPSA) is 33.5 Å². The highest BCUT2D eigenvalue weighted by Gasteiger charge is 2.31. The van der Waals surface area contributed by atoms with Gasteiger partial charge in [-0.1, -0.05) is 151 Å². The highest BCUT2D eigenvalue weighted by Crippen LogP contribution is 2.49. The lowest BCUT2D eigenvalue weighted by Crippen LogP contribution is -2.25. The molecular weight excluding hydrogens is 745 g/mol. The number of benzene rings is 7. The molecule has 5 nitrogen and oxygen atoms in total. The van der Waals surface area contributed by atoms with Gasteiger partial charge < -0.3 is 14.5 Å². The third kappa shape index (κ3) is 7.00. The van der Waals surface area contributed by atoms with Crippen molar-refractivity contribution in [1.29, 1.82) is 0 Å². The van der Waals surface area contributed by atoms with Gasteiger partial charge in [0.1, 0.15) is 24.0 Å². The van der Waals surface area contributed by atoms with E-state index in [9.17, 15) is 0 Å². The van der Waals surface area contributed by atoms with Gasteiger partial charge in [-0.05, 0) is 93.2 Å². The van der Waals surface area contributed by atoms with Crippen LogP contribution in [0.2, 0.25) is 0 Å². The van der Waals surface area contributed by atoms with Crippen molar-refractivity contribution < 1.29 is 4.74 Å². The van der Waals surface area contributed by atoms with Gasteiger partial charge in [0.25, 0.3) is 0 Å². The van der Waals surface area contributed by atoms with E-state index in [0.717, 1.165) is 50.9 Å². The third-order valence-corrected chi connectivity index (χ3v) is 12.0. The number of rotatable bonds is 7. The molecule has 0 fully saturated rings. The molecule has 0 N–H and O–H groups in total. The van der Waals surface area contributed by atoms with Crippen LogP contribution >= 0.6 is 0 Å². The lowest BCUT2D eigenvalue weighted by Gasteiger charge is -2.27. The molecule has 3 heterocycles. The Morgan fingerprint density at radius 3 is 1.84 bits per heavy atom. The Kier molecular flexibility index (Phi) is 9.29. The maximum atomic E-state index is 6.97. The lowest BCUT2D eigenvalue weighted by atomic mass is 9.85. The van der Waals surface area contributed by atoms with Gasteiger partial charge in [-0.15, -0.1) is 0 Å². The maximum Gasteiger partial charge on any atom is 0.137 e. The van der Waals surface area contributed by atoms with Crippen LogP contribution in [0.25, 0.3) is 49.9 Å². The molecule has 1 aliphatic rings. The van der Waals surface area contributed by atoms with Gasteiger partial charge in [-0.3, -0.25) is 4.57 Å². The summed E-state index contributed by atoms with van der Waals surface area (Å²) in [4.78, 5) is 9.82. The predicted molar refractivity (Wildman–Crippen MR) is 255 cm³/mol. The zero-order valence-corrected chi connectivity index (χ0v) is 35.7. The van der Waals surface area contributed by atoms with Crippen molar-refractivity contribution in [2.45, 2.75) is 52.4 Å². The number of hydrogen-bond acceptors (Lipinski definition) is 4. The summed E-state index contributed by atoms with van der Waals surface area (Å²) in [5.74, 6) is 2.41. The van der Waals surface area contributed by atoms with Crippen LogP contribution in [0.4, 0.5) is 22.7 Å². The highest BCUT2D eigenvalue weighted by molar-refractivity contribution is 6.16. The number of anilines is 4. The Balaban J connectivity index is 1.08. The molecule has 1 aliphatic heterocycles. The second-order valence-electron chi connectivity index (χ2n) is 18.2. The van der Waals surface area contributed by atoms with E-state index in [2.05, 4.69) is 232 Å². The lowest BCUT2D eigenvalue weighted by molar-refractivity contribution is 0.483. The summed E-state index contributed by atoms with van der Waals surface area (Å²) in [6.45, 7) is 14.2. The van der Waals surface area contributed by atoms with Crippen LogP contribution in [-0.4, -0.2) is 16.2 Å². The predicted octanol–water partition coefficient (Wildman–Crippen LogP) is 15.1. The first-order chi connectivity index (χ1) is 29.5. The molecule has 300 valence electrons. The van der Waals surface area contributed by atoms with Crippen LogP contribution in [0.1, 0.15) is 52.7 Å². The number of pyridine rings is 1. The Morgan fingerprint density at radius 2 is 1.11 bits per heavy atom. The Bertz CT molecular complexity index is 3060. The summed E-state index contributed by atoms with van der Waals surface area (Å²) in [5.41, 5.74) is 13.9. The third-order valence-electron chi connectivity index (χ3n) is 12.0. The Morgan fingerprint density at radius 1 is 0.475 bits per heavy atom. The molecular formula is C56H50N4O. The van der Waals surface area contributed by atoms with Gasteiger partial charge in [0.05, 0.1) is 28.1 Å². The van der Waals surface area contributed by atoms with Crippen LogP contribution in [0.5, 0.6) is 11.5 Å². The SMILES string of the molecule is CC(C)(C)c1ccnc(-n2c3ccccc3c3c(-c4ccccc4)cc(Oc4cccc(N5CN(c6cc(C(C)(C)C)ccc6-c6ccccc6)c6ccccc65)c4)cc32)c1. The number of hydrogen-bond donors (Lipinski definition) is 0. The van der Waals surface area contributed by atoms with E-state index in [1.807, 2.05) is 6.20 Å². The van der Waals surface area contributed by atoms with Crippen molar-refractivity contribution in [1.82, 2.24) is 9.55 Å². The molecule has 0 aliphatic carbocycles. The van der Waals surface area contributed by atoms with Crippen molar-refractivity contribution in [3.05, 3.63) is 193 Å². The first-order valence-electron chi connectivity index (χ1n) is 21.2. The van der Waals surface area contributed by atoms with Gasteiger partial charge in [-0.2, -0.15) is 0 Å². The van der Waals surface area contributed by atoms with Gasteiger partial charge in [0.2, 0.25) is 0 Å². The second-order valence-corrected chi connectivity index (χ2v) is 18.2. The van der Waals surface area contributed by atoms with Gasteiger partial charge in [-0.25, -0.2) is 4.98 Å². The molecule has 0 saturated heterocycles. The Labute approximate surface area is 359 Å². The van der Waals surface area contributed by atoms with E-state index in [1.54, 1.807) is 0 Å². The standard InChI is InChI=1S/C56H50N4O/c1-55(2,3)40-28-29-45(38-18-9-7-10-19-38)51(32-40)59-37-58(49-26-15-16-27-50(49)59)42-22-17-23-43(34-42)61-44-35-47(39-20-11-8-12-21-39)54-46-24-13-14-25-48(46)60(52(54)36-44)53-33-41(30-31-57-53)56(4,5)6/h7-36H,37H2,1-6H3. The molecule has 0 unspecified atom stereocenters. The number of aromatic nitrogens is 2. The van der Waals surface area contributed by atoms with E-state index >= 15 is 0 Å². The minimum absolute atomic E-state index is 0.000699. The molecule has 9 aromatic rings. The normalized spacial score (nSPS) is 13.0. The first kappa shape index (κ1) is 38.1. The molecule has 5 heteroatoms. The van der Waals surface area contributed by atoms with E-state index in [1.165, 1.54) is 44.4 Å². The quantitative estimate of drug-likeness (QED) is 0.161. The van der Waals surface area contributed by atoms with Crippen molar-refractivity contribution in [3.8, 4) is 39.6 Å². The van der Waals surface area contributed by atoms with Crippen molar-refractivity contribution in [3.63, 3.8) is 0 Å². The van der Waals surface area contributed by atoms with E-state index in [0.29, 0.717) is 6.67 Å². The Hall–Kier alpha value is -7.11. The minimum Gasteiger partial charge on any atom is -0.457 e. The van der Waals surface area contributed by atoms with Crippen molar-refractivity contribution >= 4 is 44.6 Å². The van der Waals surface area contributed by atoms with Gasteiger partial charge in [0, 0.05) is 40.4 Å². The molecule has 61 heavy (non-hydrogen) atoms. The molecule has 0 saturated carbocycles. The molecule has 10 rings (SSSR count). The summed E-state index contributed by atoms with van der Waals surface area (Å²) in [5, 5.41) is 2.35. The zero-order chi connectivity index (χ0) is 41.9. The average Bonchev–Trinajstić information content (AvgIpc) is 3.82. The van der Waals surface area contributed by atoms with Crippen LogP contribution < -0.4 is 14.5 Å². The average molecular weight is 795 g/mol. The van der Waals surface area contributed by atoms with E-state index < -0.39 is 0 Å². The number of para-hydroxylation sites is 3. The summed E-state index contributed by atoms with van der Waals surface area (Å²) in [6.07, 6.45) is 1.93. The summed E-state index contributed by atoms with van der Waals surface area (Å²) < 4.78 is 9.26. The summed E-state index contributed by atoms with van der Waals surface area (Å²) >= 11 is 0. The molecule has 0 atom stereocenters. The smallest absolute Gasteiger partial charge is 0.137 e. The molecule has 0 spiro atoms. The van der Waals surface area contributed by atoms with Crippen molar-refractivity contribution in [2.75, 3.05) is 16.5 Å². The highest BCUT2D eigenvalue weighted by atomic mass is 16.5. The fourth-order valence-corrected chi connectivity index (χ4v) is 8.80. The molecule has 0 bridgehead atoms. The van der Waals surface area contributed by atoms with E-state index in [4.69, 9.17) is 9.72 Å². The monoisotopic (exact) mass is 794 g/mol. The minimum atomic E-state index is -0.0293. The second kappa shape index (κ2) is 14.9. The fraction of sp³-hybridized carbons (Fsp3) is 0.161. The zero-order valence-electron chi connectivity index (χ0n) is 35.7. The summed E-state index contributed by atoms with van der Waals surface area (Å²) in [7, 11) is 0. The summed E-state index contributed by atoms with van der Waals surface area (Å²) in [6, 6.07) is 62.9. The number of ether oxygens (including phenoxy) is 1. The number of fused-ring (bicyclic) bond motifs is 4. The van der Waals surface area contributed by atoms with Crippen molar-refractivity contribution in [2.24, 2.45) is 0 Å². The van der Waals surface area contributed by atoms with Crippen LogP contribution in [0.3, 0.4) is 0 Å². The van der Waals surface area contributed by atoms with Gasteiger partial charge >= 0.3 is 0 Å².